The number of nitrogens with zero attached hydrogens (tertiary/aromatic N) is 1. The van der Waals surface area contributed by atoms with Gasteiger partial charge in [-0.1, -0.05) is 6.92 Å². The van der Waals surface area contributed by atoms with Gasteiger partial charge in [-0.3, -0.25) is 0 Å². The van der Waals surface area contributed by atoms with Gasteiger partial charge < -0.3 is 20.1 Å². The SMILES string of the molecule is CCCNC(C)(CO)CC(C)N(C)C1CCOCC1. The average Bonchev–Trinajstić information content (AvgIpc) is 2.45. The summed E-state index contributed by atoms with van der Waals surface area (Å²) in [5.74, 6) is 0. The monoisotopic (exact) mass is 272 g/mol. The highest BCUT2D eigenvalue weighted by Gasteiger charge is 2.29. The van der Waals surface area contributed by atoms with Crippen LogP contribution in [0.3, 0.4) is 0 Å². The summed E-state index contributed by atoms with van der Waals surface area (Å²) in [5.41, 5.74) is -0.172. The lowest BCUT2D eigenvalue weighted by atomic mass is 9.92. The van der Waals surface area contributed by atoms with E-state index in [9.17, 15) is 5.11 Å². The van der Waals surface area contributed by atoms with E-state index in [1.165, 1.54) is 0 Å². The zero-order chi connectivity index (χ0) is 14.3. The number of ether oxygens (including phenoxy) is 1. The molecular weight excluding hydrogens is 240 g/mol. The number of hydrogen-bond acceptors (Lipinski definition) is 4. The molecule has 0 aromatic heterocycles. The quantitative estimate of drug-likeness (QED) is 0.705. The summed E-state index contributed by atoms with van der Waals surface area (Å²) in [5, 5.41) is 13.1. The van der Waals surface area contributed by atoms with Gasteiger partial charge in [0.25, 0.3) is 0 Å². The van der Waals surface area contributed by atoms with E-state index in [0.29, 0.717) is 12.1 Å². The summed E-state index contributed by atoms with van der Waals surface area (Å²) >= 11 is 0. The molecule has 0 amide bonds. The third kappa shape index (κ3) is 5.38. The van der Waals surface area contributed by atoms with Crippen LogP contribution < -0.4 is 5.32 Å². The molecule has 1 heterocycles. The molecule has 114 valence electrons. The van der Waals surface area contributed by atoms with Crippen molar-refractivity contribution in [3.05, 3.63) is 0 Å². The summed E-state index contributed by atoms with van der Waals surface area (Å²) in [6, 6.07) is 1.09. The van der Waals surface area contributed by atoms with Gasteiger partial charge in [-0.15, -0.1) is 0 Å². The Morgan fingerprint density at radius 1 is 1.42 bits per heavy atom. The van der Waals surface area contributed by atoms with Crippen molar-refractivity contribution >= 4 is 0 Å². The molecular formula is C15H32N2O2. The number of aliphatic hydroxyl groups excluding tert-OH is 1. The van der Waals surface area contributed by atoms with E-state index >= 15 is 0 Å². The van der Waals surface area contributed by atoms with Crippen LogP contribution in [0.5, 0.6) is 0 Å². The zero-order valence-electron chi connectivity index (χ0n) is 13.1. The summed E-state index contributed by atoms with van der Waals surface area (Å²) in [6.07, 6.45) is 4.31. The van der Waals surface area contributed by atoms with E-state index in [-0.39, 0.29) is 12.1 Å². The van der Waals surface area contributed by atoms with Crippen LogP contribution in [0.1, 0.15) is 46.5 Å². The van der Waals surface area contributed by atoms with Gasteiger partial charge in [-0.05, 0) is 53.1 Å². The van der Waals surface area contributed by atoms with Crippen molar-refractivity contribution in [1.29, 1.82) is 0 Å². The third-order valence-corrected chi connectivity index (χ3v) is 4.36. The van der Waals surface area contributed by atoms with Crippen molar-refractivity contribution < 1.29 is 9.84 Å². The van der Waals surface area contributed by atoms with Crippen molar-refractivity contribution in [1.82, 2.24) is 10.2 Å². The molecule has 1 rings (SSSR count). The number of rotatable bonds is 8. The van der Waals surface area contributed by atoms with Crippen molar-refractivity contribution in [3.8, 4) is 0 Å². The van der Waals surface area contributed by atoms with E-state index in [1.54, 1.807) is 0 Å². The molecule has 0 radical (unpaired) electrons. The molecule has 1 fully saturated rings. The molecule has 0 bridgehead atoms. The Labute approximate surface area is 118 Å². The minimum absolute atomic E-state index is 0.172. The van der Waals surface area contributed by atoms with Crippen LogP contribution in [0, 0.1) is 0 Å². The Morgan fingerprint density at radius 2 is 2.05 bits per heavy atom. The van der Waals surface area contributed by atoms with Gasteiger partial charge in [-0.25, -0.2) is 0 Å². The molecule has 19 heavy (non-hydrogen) atoms. The van der Waals surface area contributed by atoms with Gasteiger partial charge in [-0.2, -0.15) is 0 Å². The second-order valence-electron chi connectivity index (χ2n) is 6.21. The minimum atomic E-state index is -0.172. The first-order valence-corrected chi connectivity index (χ1v) is 7.68. The van der Waals surface area contributed by atoms with Gasteiger partial charge >= 0.3 is 0 Å². The summed E-state index contributed by atoms with van der Waals surface area (Å²) in [6.45, 7) is 9.46. The van der Waals surface area contributed by atoms with E-state index in [2.05, 4.69) is 38.0 Å². The molecule has 2 unspecified atom stereocenters. The lowest BCUT2D eigenvalue weighted by Crippen LogP contribution is -2.52. The number of aliphatic hydroxyl groups is 1. The molecule has 0 aliphatic carbocycles. The van der Waals surface area contributed by atoms with Crippen LogP contribution >= 0.6 is 0 Å². The van der Waals surface area contributed by atoms with Crippen molar-refractivity contribution in [3.63, 3.8) is 0 Å². The van der Waals surface area contributed by atoms with E-state index in [1.807, 2.05) is 0 Å². The zero-order valence-corrected chi connectivity index (χ0v) is 13.1. The first-order chi connectivity index (χ1) is 9.02. The third-order valence-electron chi connectivity index (χ3n) is 4.36. The Balaban J connectivity index is 2.48. The first kappa shape index (κ1) is 16.9. The van der Waals surface area contributed by atoms with E-state index < -0.39 is 0 Å². The highest BCUT2D eigenvalue weighted by Crippen LogP contribution is 2.21. The topological polar surface area (TPSA) is 44.7 Å². The molecule has 4 nitrogen and oxygen atoms in total. The predicted molar refractivity (Wildman–Crippen MR) is 79.5 cm³/mol. The van der Waals surface area contributed by atoms with E-state index in [4.69, 9.17) is 4.74 Å². The second-order valence-corrected chi connectivity index (χ2v) is 6.21. The van der Waals surface area contributed by atoms with Crippen LogP contribution in [0.2, 0.25) is 0 Å². The van der Waals surface area contributed by atoms with Crippen LogP contribution in [0.4, 0.5) is 0 Å². The fraction of sp³-hybridized carbons (Fsp3) is 1.00. The molecule has 2 N–H and O–H groups in total. The predicted octanol–water partition coefficient (Wildman–Crippen LogP) is 1.63. The number of hydrogen-bond donors (Lipinski definition) is 2. The molecule has 4 heteroatoms. The largest absolute Gasteiger partial charge is 0.394 e. The Morgan fingerprint density at radius 3 is 2.58 bits per heavy atom. The van der Waals surface area contributed by atoms with Crippen LogP contribution in [0.15, 0.2) is 0 Å². The van der Waals surface area contributed by atoms with Gasteiger partial charge in [0, 0.05) is 30.8 Å². The van der Waals surface area contributed by atoms with Gasteiger partial charge in [0.05, 0.1) is 6.61 Å². The maximum Gasteiger partial charge on any atom is 0.0611 e. The minimum Gasteiger partial charge on any atom is -0.394 e. The normalized spacial score (nSPS) is 22.4. The standard InChI is InChI=1S/C15H32N2O2/c1-5-8-16-15(3,12-18)11-13(2)17(4)14-6-9-19-10-7-14/h13-14,16,18H,5-12H2,1-4H3. The maximum atomic E-state index is 9.65. The van der Waals surface area contributed by atoms with Crippen molar-refractivity contribution in [2.24, 2.45) is 0 Å². The highest BCUT2D eigenvalue weighted by molar-refractivity contribution is 4.88. The molecule has 0 aromatic rings. The lowest BCUT2D eigenvalue weighted by Gasteiger charge is -2.40. The number of nitrogens with one attached hydrogen (secondary N) is 1. The first-order valence-electron chi connectivity index (χ1n) is 7.68. The summed E-state index contributed by atoms with van der Waals surface area (Å²) in [7, 11) is 2.21. The summed E-state index contributed by atoms with van der Waals surface area (Å²) < 4.78 is 5.43. The molecule has 0 aromatic carbocycles. The Hall–Kier alpha value is -0.160. The van der Waals surface area contributed by atoms with Gasteiger partial charge in [0.1, 0.15) is 0 Å². The molecule has 0 saturated carbocycles. The van der Waals surface area contributed by atoms with Crippen LogP contribution in [0.25, 0.3) is 0 Å². The molecule has 1 aliphatic heterocycles. The van der Waals surface area contributed by atoms with Crippen molar-refractivity contribution in [2.75, 3.05) is 33.4 Å². The molecule has 2 atom stereocenters. The molecule has 1 aliphatic rings. The summed E-state index contributed by atoms with van der Waals surface area (Å²) in [4.78, 5) is 2.46. The van der Waals surface area contributed by atoms with Gasteiger partial charge in [0.15, 0.2) is 0 Å². The lowest BCUT2D eigenvalue weighted by molar-refractivity contribution is 0.0223. The Kier molecular flexibility index (Phi) is 7.29. The van der Waals surface area contributed by atoms with Crippen LogP contribution in [-0.4, -0.2) is 61.0 Å². The smallest absolute Gasteiger partial charge is 0.0611 e. The van der Waals surface area contributed by atoms with Crippen molar-refractivity contribution in [2.45, 2.75) is 64.1 Å². The maximum absolute atomic E-state index is 9.65. The second kappa shape index (κ2) is 8.20. The molecule has 1 saturated heterocycles. The van der Waals surface area contributed by atoms with E-state index in [0.717, 1.165) is 45.4 Å². The fourth-order valence-electron chi connectivity index (χ4n) is 2.87. The average molecular weight is 272 g/mol. The fourth-order valence-corrected chi connectivity index (χ4v) is 2.87. The molecule has 0 spiro atoms. The highest BCUT2D eigenvalue weighted by atomic mass is 16.5. The Bertz CT molecular complexity index is 244. The van der Waals surface area contributed by atoms with Crippen LogP contribution in [-0.2, 0) is 4.74 Å². The van der Waals surface area contributed by atoms with Gasteiger partial charge in [0.2, 0.25) is 0 Å².